The first-order valence-electron chi connectivity index (χ1n) is 9.35. The molecule has 138 valence electrons. The Labute approximate surface area is 154 Å². The van der Waals surface area contributed by atoms with Gasteiger partial charge in [0.05, 0.1) is 5.56 Å². The number of phenols is 1. The minimum Gasteiger partial charge on any atom is -0.507 e. The van der Waals surface area contributed by atoms with E-state index >= 15 is 0 Å². The zero-order valence-corrected chi connectivity index (χ0v) is 15.4. The molecule has 1 aliphatic heterocycles. The molecular formula is C21H26N2O3. The molecule has 0 spiro atoms. The van der Waals surface area contributed by atoms with Gasteiger partial charge in [-0.2, -0.15) is 0 Å². The quantitative estimate of drug-likeness (QED) is 0.917. The normalized spacial score (nSPS) is 15.2. The molecule has 2 amide bonds. The fourth-order valence-corrected chi connectivity index (χ4v) is 3.69. The maximum Gasteiger partial charge on any atom is 0.257 e. The molecule has 5 heteroatoms. The van der Waals surface area contributed by atoms with Gasteiger partial charge in [-0.1, -0.05) is 24.3 Å². The molecule has 0 saturated carbocycles. The van der Waals surface area contributed by atoms with Crippen LogP contribution in [-0.4, -0.2) is 52.9 Å². The van der Waals surface area contributed by atoms with Crippen molar-refractivity contribution in [2.75, 3.05) is 26.2 Å². The van der Waals surface area contributed by atoms with Crippen molar-refractivity contribution in [1.82, 2.24) is 9.80 Å². The lowest BCUT2D eigenvalue weighted by Crippen LogP contribution is -2.44. The van der Waals surface area contributed by atoms with Crippen molar-refractivity contribution in [3.05, 3.63) is 42.0 Å². The number of likely N-dealkylation sites (tertiary alicyclic amines) is 1. The SMILES string of the molecule is CCN(CC)C(=O)C1CCN(C(=O)c2cc3ccccc3cc2O)CC1. The lowest BCUT2D eigenvalue weighted by molar-refractivity contribution is -0.136. The molecule has 5 nitrogen and oxygen atoms in total. The largest absolute Gasteiger partial charge is 0.507 e. The van der Waals surface area contributed by atoms with Gasteiger partial charge in [0, 0.05) is 32.1 Å². The third-order valence-corrected chi connectivity index (χ3v) is 5.30. The number of hydrogen-bond donors (Lipinski definition) is 1. The highest BCUT2D eigenvalue weighted by molar-refractivity contribution is 6.01. The highest BCUT2D eigenvalue weighted by Gasteiger charge is 2.30. The van der Waals surface area contributed by atoms with E-state index in [1.807, 2.05) is 43.0 Å². The van der Waals surface area contributed by atoms with Gasteiger partial charge in [-0.15, -0.1) is 0 Å². The number of carbonyl (C=O) groups is 2. The van der Waals surface area contributed by atoms with Gasteiger partial charge in [0.2, 0.25) is 5.91 Å². The number of benzene rings is 2. The van der Waals surface area contributed by atoms with E-state index in [-0.39, 0.29) is 23.5 Å². The Balaban J connectivity index is 1.71. The average molecular weight is 354 g/mol. The minimum absolute atomic E-state index is 0.00930. The first-order chi connectivity index (χ1) is 12.5. The maximum absolute atomic E-state index is 12.9. The number of hydrogen-bond acceptors (Lipinski definition) is 3. The highest BCUT2D eigenvalue weighted by Crippen LogP contribution is 2.28. The first-order valence-corrected chi connectivity index (χ1v) is 9.35. The van der Waals surface area contributed by atoms with E-state index in [9.17, 15) is 14.7 Å². The van der Waals surface area contributed by atoms with Crippen LogP contribution >= 0.6 is 0 Å². The number of phenolic OH excluding ortho intramolecular Hbond substituents is 1. The molecule has 26 heavy (non-hydrogen) atoms. The summed E-state index contributed by atoms with van der Waals surface area (Å²) < 4.78 is 0. The minimum atomic E-state index is -0.165. The van der Waals surface area contributed by atoms with Gasteiger partial charge in [-0.3, -0.25) is 9.59 Å². The first kappa shape index (κ1) is 18.2. The molecule has 1 heterocycles. The Morgan fingerprint density at radius 1 is 1.08 bits per heavy atom. The predicted molar refractivity (Wildman–Crippen MR) is 102 cm³/mol. The molecule has 1 N–H and O–H groups in total. The van der Waals surface area contributed by atoms with Crippen molar-refractivity contribution in [1.29, 1.82) is 0 Å². The van der Waals surface area contributed by atoms with Crippen LogP contribution in [0.15, 0.2) is 36.4 Å². The molecule has 2 aromatic carbocycles. The number of rotatable bonds is 4. The maximum atomic E-state index is 12.9. The standard InChI is InChI=1S/C21H26N2O3/c1-3-22(4-2)20(25)15-9-11-23(12-10-15)21(26)18-13-16-7-5-6-8-17(16)14-19(18)24/h5-8,13-15,24H,3-4,9-12H2,1-2H3. The number of carbonyl (C=O) groups excluding carboxylic acids is 2. The van der Waals surface area contributed by atoms with Crippen molar-refractivity contribution in [3.8, 4) is 5.75 Å². The average Bonchev–Trinajstić information content (AvgIpc) is 2.68. The van der Waals surface area contributed by atoms with Gasteiger partial charge < -0.3 is 14.9 Å². The Morgan fingerprint density at radius 2 is 1.65 bits per heavy atom. The van der Waals surface area contributed by atoms with Gasteiger partial charge in [0.15, 0.2) is 0 Å². The lowest BCUT2D eigenvalue weighted by atomic mass is 9.94. The summed E-state index contributed by atoms with van der Waals surface area (Å²) in [5.41, 5.74) is 0.331. The summed E-state index contributed by atoms with van der Waals surface area (Å²) >= 11 is 0. The third-order valence-electron chi connectivity index (χ3n) is 5.30. The van der Waals surface area contributed by atoms with Crippen molar-refractivity contribution in [2.45, 2.75) is 26.7 Å². The van der Waals surface area contributed by atoms with Gasteiger partial charge in [-0.05, 0) is 49.6 Å². The molecule has 0 radical (unpaired) electrons. The Kier molecular flexibility index (Phi) is 5.45. The van der Waals surface area contributed by atoms with Crippen molar-refractivity contribution < 1.29 is 14.7 Å². The summed E-state index contributed by atoms with van der Waals surface area (Å²) in [6, 6.07) is 11.0. The molecule has 0 bridgehead atoms. The van der Waals surface area contributed by atoms with Crippen LogP contribution in [0, 0.1) is 5.92 Å². The van der Waals surface area contributed by atoms with Gasteiger partial charge in [0.1, 0.15) is 5.75 Å². The second kappa shape index (κ2) is 7.77. The lowest BCUT2D eigenvalue weighted by Gasteiger charge is -2.34. The zero-order chi connectivity index (χ0) is 18.7. The second-order valence-electron chi connectivity index (χ2n) is 6.79. The van der Waals surface area contributed by atoms with Crippen LogP contribution in [0.4, 0.5) is 0 Å². The Hall–Kier alpha value is -2.56. The number of fused-ring (bicyclic) bond motifs is 1. The molecular weight excluding hydrogens is 328 g/mol. The fourth-order valence-electron chi connectivity index (χ4n) is 3.69. The molecule has 3 rings (SSSR count). The van der Waals surface area contributed by atoms with Crippen molar-refractivity contribution in [3.63, 3.8) is 0 Å². The predicted octanol–water partition coefficient (Wildman–Crippen LogP) is 3.27. The summed E-state index contributed by atoms with van der Waals surface area (Å²) in [6.45, 7) is 6.51. The van der Waals surface area contributed by atoms with Crippen LogP contribution < -0.4 is 0 Å². The second-order valence-corrected chi connectivity index (χ2v) is 6.79. The van der Waals surface area contributed by atoms with Crippen LogP contribution in [0.5, 0.6) is 5.75 Å². The highest BCUT2D eigenvalue weighted by atomic mass is 16.3. The monoisotopic (exact) mass is 354 g/mol. The molecule has 0 aromatic heterocycles. The molecule has 1 aliphatic rings. The van der Waals surface area contributed by atoms with Crippen LogP contribution in [0.25, 0.3) is 10.8 Å². The van der Waals surface area contributed by atoms with Crippen molar-refractivity contribution in [2.24, 2.45) is 5.92 Å². The van der Waals surface area contributed by atoms with Gasteiger partial charge in [0.25, 0.3) is 5.91 Å². The van der Waals surface area contributed by atoms with E-state index in [0.29, 0.717) is 31.5 Å². The van der Waals surface area contributed by atoms with Crippen LogP contribution in [0.2, 0.25) is 0 Å². The fraction of sp³-hybridized carbons (Fsp3) is 0.429. The van der Waals surface area contributed by atoms with Crippen LogP contribution in [0.1, 0.15) is 37.0 Å². The Morgan fingerprint density at radius 3 is 2.23 bits per heavy atom. The molecule has 0 aliphatic carbocycles. The molecule has 1 fully saturated rings. The third kappa shape index (κ3) is 3.52. The molecule has 0 atom stereocenters. The van der Waals surface area contributed by atoms with E-state index in [0.717, 1.165) is 23.9 Å². The van der Waals surface area contributed by atoms with Crippen LogP contribution in [-0.2, 0) is 4.79 Å². The number of nitrogens with zero attached hydrogens (tertiary/aromatic N) is 2. The summed E-state index contributed by atoms with van der Waals surface area (Å²) in [4.78, 5) is 29.0. The summed E-state index contributed by atoms with van der Waals surface area (Å²) in [5, 5.41) is 12.1. The van der Waals surface area contributed by atoms with Crippen LogP contribution in [0.3, 0.4) is 0 Å². The molecule has 2 aromatic rings. The van der Waals surface area contributed by atoms with E-state index in [1.54, 1.807) is 17.0 Å². The van der Waals surface area contributed by atoms with Gasteiger partial charge >= 0.3 is 0 Å². The number of aromatic hydroxyl groups is 1. The Bertz CT molecular complexity index is 806. The van der Waals surface area contributed by atoms with E-state index in [1.165, 1.54) is 0 Å². The summed E-state index contributed by atoms with van der Waals surface area (Å²) in [6.07, 6.45) is 1.35. The topological polar surface area (TPSA) is 60.9 Å². The van der Waals surface area contributed by atoms with E-state index < -0.39 is 0 Å². The number of piperidine rings is 1. The van der Waals surface area contributed by atoms with Crippen molar-refractivity contribution >= 4 is 22.6 Å². The zero-order valence-electron chi connectivity index (χ0n) is 15.4. The van der Waals surface area contributed by atoms with Gasteiger partial charge in [-0.25, -0.2) is 0 Å². The summed E-state index contributed by atoms with van der Waals surface area (Å²) in [7, 11) is 0. The molecule has 0 unspecified atom stereocenters. The number of amides is 2. The molecule has 1 saturated heterocycles. The van der Waals surface area contributed by atoms with E-state index in [4.69, 9.17) is 0 Å². The smallest absolute Gasteiger partial charge is 0.257 e. The summed E-state index contributed by atoms with van der Waals surface area (Å²) in [5.74, 6) is 0.0248. The van der Waals surface area contributed by atoms with E-state index in [2.05, 4.69) is 0 Å².